The van der Waals surface area contributed by atoms with E-state index in [0.717, 1.165) is 11.1 Å². The Morgan fingerprint density at radius 2 is 1.39 bits per heavy atom. The molecule has 0 aliphatic rings. The van der Waals surface area contributed by atoms with E-state index in [1.165, 1.54) is 4.90 Å². The molecule has 3 amide bonds. The van der Waals surface area contributed by atoms with Crippen LogP contribution in [0.25, 0.3) is 0 Å². The lowest BCUT2D eigenvalue weighted by Gasteiger charge is -2.35. The fraction of sp³-hybridized carbons (Fsp3) is 0.500. The molecule has 0 saturated carbocycles. The van der Waals surface area contributed by atoms with Gasteiger partial charge in [-0.25, -0.2) is 9.59 Å². The van der Waals surface area contributed by atoms with Crippen molar-refractivity contribution in [1.29, 1.82) is 0 Å². The summed E-state index contributed by atoms with van der Waals surface area (Å²) in [6.07, 6.45) is -0.531. The first kappa shape index (κ1) is 33.3. The Balaban J connectivity index is 2.43. The Morgan fingerprint density at radius 1 is 0.829 bits per heavy atom. The maximum absolute atomic E-state index is 14.1. The molecule has 2 aromatic carbocycles. The SMILES string of the molecule is Cc1ccc(C(C(=O)NC(Cc2ccccc2)C(=O)OC(C)(C)C)N(C(=O)CNC(=O)OC(C)(C)C)C(C)C)cc1. The average molecular weight is 568 g/mol. The van der Waals surface area contributed by atoms with Gasteiger partial charge in [0.05, 0.1) is 0 Å². The van der Waals surface area contributed by atoms with Gasteiger partial charge >= 0.3 is 12.1 Å². The van der Waals surface area contributed by atoms with Crippen LogP contribution in [0.1, 0.15) is 78.1 Å². The van der Waals surface area contributed by atoms with Crippen LogP contribution in [0.5, 0.6) is 0 Å². The number of rotatable bonds is 10. The molecule has 2 atom stereocenters. The Kier molecular flexibility index (Phi) is 11.5. The number of alkyl carbamates (subject to hydrolysis) is 1. The second-order valence-corrected chi connectivity index (χ2v) is 12.3. The first-order valence-corrected chi connectivity index (χ1v) is 13.9. The minimum absolute atomic E-state index is 0.206. The molecule has 0 aliphatic carbocycles. The first-order chi connectivity index (χ1) is 19.0. The Hall–Kier alpha value is -3.88. The van der Waals surface area contributed by atoms with Crippen LogP contribution in [0.3, 0.4) is 0 Å². The molecule has 0 radical (unpaired) electrons. The number of amides is 3. The number of ether oxygens (including phenoxy) is 2. The van der Waals surface area contributed by atoms with Crippen LogP contribution < -0.4 is 10.6 Å². The second-order valence-electron chi connectivity index (χ2n) is 12.3. The quantitative estimate of drug-likeness (QED) is 0.396. The molecule has 0 bridgehead atoms. The lowest BCUT2D eigenvalue weighted by Crippen LogP contribution is -2.53. The first-order valence-electron chi connectivity index (χ1n) is 13.9. The van der Waals surface area contributed by atoms with Gasteiger partial charge in [0.25, 0.3) is 0 Å². The van der Waals surface area contributed by atoms with Crippen molar-refractivity contribution in [2.75, 3.05) is 6.54 Å². The standard InChI is InChI=1S/C32H45N3O6/c1-21(2)35(26(36)20-33-30(39)41-32(7,8)9)27(24-17-15-22(3)16-18-24)28(37)34-25(29(38)40-31(4,5)6)19-23-13-11-10-12-14-23/h10-18,21,25,27H,19-20H2,1-9H3,(H,33,39)(H,34,37). The lowest BCUT2D eigenvalue weighted by molar-refractivity contribution is -0.159. The van der Waals surface area contributed by atoms with Crippen molar-refractivity contribution in [2.45, 2.75) is 98.1 Å². The third-order valence-corrected chi connectivity index (χ3v) is 5.84. The van der Waals surface area contributed by atoms with Crippen molar-refractivity contribution in [3.05, 3.63) is 71.3 Å². The normalized spacial score (nSPS) is 13.1. The summed E-state index contributed by atoms with van der Waals surface area (Å²) in [7, 11) is 0. The molecule has 2 rings (SSSR count). The van der Waals surface area contributed by atoms with Gasteiger partial charge in [-0.1, -0.05) is 60.2 Å². The summed E-state index contributed by atoms with van der Waals surface area (Å²) in [5, 5.41) is 5.36. The third-order valence-electron chi connectivity index (χ3n) is 5.84. The zero-order valence-corrected chi connectivity index (χ0v) is 25.7. The van der Waals surface area contributed by atoms with E-state index >= 15 is 0 Å². The Bertz CT molecular complexity index is 1180. The molecular weight excluding hydrogens is 522 g/mol. The van der Waals surface area contributed by atoms with Crippen molar-refractivity contribution in [3.63, 3.8) is 0 Å². The van der Waals surface area contributed by atoms with Gasteiger partial charge in [0, 0.05) is 12.5 Å². The highest BCUT2D eigenvalue weighted by Gasteiger charge is 2.36. The van der Waals surface area contributed by atoms with Crippen molar-refractivity contribution in [2.24, 2.45) is 0 Å². The van der Waals surface area contributed by atoms with E-state index in [1.54, 1.807) is 67.5 Å². The molecule has 0 saturated heterocycles. The number of benzene rings is 2. The maximum Gasteiger partial charge on any atom is 0.408 e. The molecule has 41 heavy (non-hydrogen) atoms. The van der Waals surface area contributed by atoms with Crippen molar-refractivity contribution in [3.8, 4) is 0 Å². The number of esters is 1. The summed E-state index contributed by atoms with van der Waals surface area (Å²) in [4.78, 5) is 54.5. The van der Waals surface area contributed by atoms with E-state index in [2.05, 4.69) is 10.6 Å². The van der Waals surface area contributed by atoms with E-state index < -0.39 is 53.2 Å². The highest BCUT2D eigenvalue weighted by Crippen LogP contribution is 2.25. The van der Waals surface area contributed by atoms with Gasteiger partial charge in [-0.15, -0.1) is 0 Å². The molecule has 0 aliphatic heterocycles. The molecule has 2 N–H and O–H groups in total. The van der Waals surface area contributed by atoms with Crippen LogP contribution in [0, 0.1) is 6.92 Å². The maximum atomic E-state index is 14.1. The molecule has 0 spiro atoms. The largest absolute Gasteiger partial charge is 0.458 e. The van der Waals surface area contributed by atoms with Crippen molar-refractivity contribution in [1.82, 2.24) is 15.5 Å². The molecule has 2 unspecified atom stereocenters. The lowest BCUT2D eigenvalue weighted by atomic mass is 9.99. The number of hydrogen-bond donors (Lipinski definition) is 2. The number of carbonyl (C=O) groups is 4. The molecular formula is C32H45N3O6. The van der Waals surface area contributed by atoms with Gasteiger partial charge in [-0.3, -0.25) is 9.59 Å². The minimum atomic E-state index is -1.08. The van der Waals surface area contributed by atoms with Crippen LogP contribution in [-0.4, -0.2) is 58.6 Å². The van der Waals surface area contributed by atoms with E-state index in [4.69, 9.17) is 9.47 Å². The zero-order valence-electron chi connectivity index (χ0n) is 25.7. The summed E-state index contributed by atoms with van der Waals surface area (Å²) < 4.78 is 10.9. The second kappa shape index (κ2) is 14.1. The number of hydrogen-bond acceptors (Lipinski definition) is 6. The van der Waals surface area contributed by atoms with E-state index in [1.807, 2.05) is 49.4 Å². The Labute approximate surface area is 244 Å². The fourth-order valence-electron chi connectivity index (χ4n) is 4.14. The zero-order chi connectivity index (χ0) is 31.0. The summed E-state index contributed by atoms with van der Waals surface area (Å²) in [5.41, 5.74) is 0.895. The van der Waals surface area contributed by atoms with Crippen molar-refractivity contribution >= 4 is 23.9 Å². The summed E-state index contributed by atoms with van der Waals surface area (Å²) >= 11 is 0. The summed E-state index contributed by atoms with van der Waals surface area (Å²) in [6.45, 7) is 15.6. The van der Waals surface area contributed by atoms with Gasteiger partial charge in [-0.05, 0) is 73.4 Å². The van der Waals surface area contributed by atoms with Gasteiger partial charge in [0.1, 0.15) is 29.8 Å². The smallest absolute Gasteiger partial charge is 0.408 e. The number of aryl methyl sites for hydroxylation is 1. The molecule has 224 valence electrons. The molecule has 9 heteroatoms. The van der Waals surface area contributed by atoms with Crippen LogP contribution in [0.4, 0.5) is 4.79 Å². The highest BCUT2D eigenvalue weighted by molar-refractivity contribution is 5.93. The Morgan fingerprint density at radius 3 is 1.90 bits per heavy atom. The monoisotopic (exact) mass is 567 g/mol. The predicted molar refractivity (Wildman–Crippen MR) is 158 cm³/mol. The van der Waals surface area contributed by atoms with Gasteiger partial charge < -0.3 is 25.0 Å². The fourth-order valence-corrected chi connectivity index (χ4v) is 4.14. The topological polar surface area (TPSA) is 114 Å². The van der Waals surface area contributed by atoms with Crippen LogP contribution in [0.15, 0.2) is 54.6 Å². The molecule has 2 aromatic rings. The average Bonchev–Trinajstić information content (AvgIpc) is 2.84. The minimum Gasteiger partial charge on any atom is -0.458 e. The molecule has 0 heterocycles. The van der Waals surface area contributed by atoms with Gasteiger partial charge in [0.2, 0.25) is 11.8 Å². The summed E-state index contributed by atoms with van der Waals surface area (Å²) in [6, 6.07) is 14.1. The molecule has 9 nitrogen and oxygen atoms in total. The third kappa shape index (κ3) is 11.3. The number of nitrogens with one attached hydrogen (secondary N) is 2. The van der Waals surface area contributed by atoms with Gasteiger partial charge in [0.15, 0.2) is 0 Å². The highest BCUT2D eigenvalue weighted by atomic mass is 16.6. The van der Waals surface area contributed by atoms with E-state index in [-0.39, 0.29) is 13.0 Å². The van der Waals surface area contributed by atoms with Crippen LogP contribution in [-0.2, 0) is 30.3 Å². The van der Waals surface area contributed by atoms with E-state index in [9.17, 15) is 19.2 Å². The van der Waals surface area contributed by atoms with Gasteiger partial charge in [-0.2, -0.15) is 0 Å². The number of nitrogens with zero attached hydrogens (tertiary/aromatic N) is 1. The van der Waals surface area contributed by atoms with Crippen LogP contribution >= 0.6 is 0 Å². The van der Waals surface area contributed by atoms with Crippen LogP contribution in [0.2, 0.25) is 0 Å². The van der Waals surface area contributed by atoms with Crippen molar-refractivity contribution < 1.29 is 28.7 Å². The molecule has 0 aromatic heterocycles. The molecule has 0 fully saturated rings. The number of carbonyl (C=O) groups excluding carboxylic acids is 4. The predicted octanol–water partition coefficient (Wildman–Crippen LogP) is 4.87. The van der Waals surface area contributed by atoms with E-state index in [0.29, 0.717) is 5.56 Å². The summed E-state index contributed by atoms with van der Waals surface area (Å²) in [5.74, 6) is -1.60.